The Hall–Kier alpha value is -1.88. The van der Waals surface area contributed by atoms with E-state index in [1.165, 1.54) is 18.4 Å². The summed E-state index contributed by atoms with van der Waals surface area (Å²) in [6, 6.07) is 4.25. The van der Waals surface area contributed by atoms with Gasteiger partial charge in [-0.15, -0.1) is 0 Å². The van der Waals surface area contributed by atoms with E-state index >= 15 is 0 Å². The van der Waals surface area contributed by atoms with Crippen molar-refractivity contribution in [2.45, 2.75) is 6.42 Å². The zero-order valence-electron chi connectivity index (χ0n) is 10.0. The molecule has 0 saturated heterocycles. The van der Waals surface area contributed by atoms with Crippen molar-refractivity contribution in [2.75, 3.05) is 20.3 Å². The third kappa shape index (κ3) is 2.87. The Kier molecular flexibility index (Phi) is 3.94. The smallest absolute Gasteiger partial charge is 0.224 e. The van der Waals surface area contributed by atoms with Gasteiger partial charge in [0.25, 0.3) is 0 Å². The van der Waals surface area contributed by atoms with Crippen LogP contribution in [0.5, 0.6) is 0 Å². The summed E-state index contributed by atoms with van der Waals surface area (Å²) in [5.74, 6) is -0.482. The normalized spacial score (nSPS) is 10.8. The minimum Gasteiger partial charge on any atom is -0.464 e. The highest BCUT2D eigenvalue weighted by atomic mass is 19.1. The Morgan fingerprint density at radius 2 is 2.33 bits per heavy atom. The fraction of sp³-hybridized carbons (Fsp3) is 0.308. The molecule has 0 aliphatic heterocycles. The Bertz CT molecular complexity index is 550. The number of carbonyl (C=O) groups excluding carboxylic acids is 1. The van der Waals surface area contributed by atoms with E-state index in [0.29, 0.717) is 29.7 Å². The molecule has 1 N–H and O–H groups in total. The Morgan fingerprint density at radius 3 is 3.11 bits per heavy atom. The van der Waals surface area contributed by atoms with Gasteiger partial charge in [0.05, 0.1) is 19.3 Å². The van der Waals surface area contributed by atoms with Gasteiger partial charge in [-0.3, -0.25) is 4.79 Å². The summed E-state index contributed by atoms with van der Waals surface area (Å²) in [5, 5.41) is 3.34. The van der Waals surface area contributed by atoms with Gasteiger partial charge >= 0.3 is 0 Å². The number of hydrogen-bond acceptors (Lipinski definition) is 3. The second-order valence-corrected chi connectivity index (χ2v) is 3.92. The second kappa shape index (κ2) is 5.64. The average Bonchev–Trinajstić information content (AvgIpc) is 2.72. The van der Waals surface area contributed by atoms with Gasteiger partial charge in [-0.05, 0) is 18.2 Å². The molecule has 96 valence electrons. The van der Waals surface area contributed by atoms with Gasteiger partial charge in [0.15, 0.2) is 0 Å². The standard InChI is InChI=1S/C13H14FNO3/c1-17-5-4-15-13(16)6-9-8-18-12-3-2-10(14)7-11(9)12/h2-3,7-8H,4-6H2,1H3,(H,15,16). The van der Waals surface area contributed by atoms with Crippen molar-refractivity contribution in [1.82, 2.24) is 5.32 Å². The van der Waals surface area contributed by atoms with Gasteiger partial charge in [-0.2, -0.15) is 0 Å². The van der Waals surface area contributed by atoms with Crippen LogP contribution in [0, 0.1) is 5.82 Å². The maximum absolute atomic E-state index is 13.1. The molecule has 2 rings (SSSR count). The summed E-state index contributed by atoms with van der Waals surface area (Å²) in [5.41, 5.74) is 1.26. The molecule has 0 atom stereocenters. The van der Waals surface area contributed by atoms with E-state index in [1.54, 1.807) is 13.2 Å². The first-order valence-corrected chi connectivity index (χ1v) is 5.62. The molecule has 1 aromatic heterocycles. The van der Waals surface area contributed by atoms with E-state index in [-0.39, 0.29) is 18.1 Å². The molecule has 0 aliphatic rings. The first kappa shape index (κ1) is 12.6. The SMILES string of the molecule is COCCNC(=O)Cc1coc2ccc(F)cc12. The van der Waals surface area contributed by atoms with E-state index in [0.717, 1.165) is 0 Å². The lowest BCUT2D eigenvalue weighted by molar-refractivity contribution is -0.120. The van der Waals surface area contributed by atoms with E-state index in [2.05, 4.69) is 5.32 Å². The molecular weight excluding hydrogens is 237 g/mol. The number of amides is 1. The average molecular weight is 251 g/mol. The van der Waals surface area contributed by atoms with Crippen molar-refractivity contribution in [3.05, 3.63) is 35.8 Å². The molecule has 0 bridgehead atoms. The third-order valence-corrected chi connectivity index (χ3v) is 2.60. The number of ether oxygens (including phenoxy) is 1. The molecule has 1 amide bonds. The number of methoxy groups -OCH3 is 1. The van der Waals surface area contributed by atoms with Crippen LogP contribution >= 0.6 is 0 Å². The monoisotopic (exact) mass is 251 g/mol. The molecular formula is C13H14FNO3. The van der Waals surface area contributed by atoms with Crippen molar-refractivity contribution in [1.29, 1.82) is 0 Å². The minimum absolute atomic E-state index is 0.140. The number of halogens is 1. The fourth-order valence-electron chi connectivity index (χ4n) is 1.72. The van der Waals surface area contributed by atoms with Gasteiger partial charge in [0.1, 0.15) is 11.4 Å². The summed E-state index contributed by atoms with van der Waals surface area (Å²) in [4.78, 5) is 11.6. The molecule has 2 aromatic rings. The van der Waals surface area contributed by atoms with Gasteiger partial charge in [0.2, 0.25) is 5.91 Å². The topological polar surface area (TPSA) is 51.5 Å². The lowest BCUT2D eigenvalue weighted by Crippen LogP contribution is -2.28. The van der Waals surface area contributed by atoms with Crippen LogP contribution in [0.2, 0.25) is 0 Å². The summed E-state index contributed by atoms with van der Waals surface area (Å²) >= 11 is 0. The zero-order chi connectivity index (χ0) is 13.0. The third-order valence-electron chi connectivity index (χ3n) is 2.60. The number of hydrogen-bond donors (Lipinski definition) is 1. The predicted octanol–water partition coefficient (Wildman–Crippen LogP) is 1.88. The Balaban J connectivity index is 2.07. The molecule has 5 heteroatoms. The van der Waals surface area contributed by atoms with E-state index < -0.39 is 0 Å². The lowest BCUT2D eigenvalue weighted by atomic mass is 10.1. The predicted molar refractivity (Wildman–Crippen MR) is 64.8 cm³/mol. The molecule has 0 fully saturated rings. The molecule has 0 radical (unpaired) electrons. The lowest BCUT2D eigenvalue weighted by Gasteiger charge is -2.03. The molecule has 0 saturated carbocycles. The number of nitrogens with one attached hydrogen (secondary N) is 1. The first-order chi connectivity index (χ1) is 8.70. The van der Waals surface area contributed by atoms with Crippen molar-refractivity contribution < 1.29 is 18.3 Å². The van der Waals surface area contributed by atoms with Crippen molar-refractivity contribution in [3.63, 3.8) is 0 Å². The van der Waals surface area contributed by atoms with Crippen LogP contribution in [-0.2, 0) is 16.0 Å². The van der Waals surface area contributed by atoms with Crippen LogP contribution in [0.15, 0.2) is 28.9 Å². The highest BCUT2D eigenvalue weighted by Gasteiger charge is 2.10. The highest BCUT2D eigenvalue weighted by Crippen LogP contribution is 2.22. The largest absolute Gasteiger partial charge is 0.464 e. The van der Waals surface area contributed by atoms with Crippen LogP contribution in [0.4, 0.5) is 4.39 Å². The molecule has 0 spiro atoms. The molecule has 1 aromatic carbocycles. The van der Waals surface area contributed by atoms with Crippen LogP contribution < -0.4 is 5.32 Å². The first-order valence-electron chi connectivity index (χ1n) is 5.62. The summed E-state index contributed by atoms with van der Waals surface area (Å²) in [7, 11) is 1.57. The zero-order valence-corrected chi connectivity index (χ0v) is 10.0. The highest BCUT2D eigenvalue weighted by molar-refractivity contribution is 5.87. The summed E-state index contributed by atoms with van der Waals surface area (Å²) in [6.07, 6.45) is 1.65. The second-order valence-electron chi connectivity index (χ2n) is 3.92. The van der Waals surface area contributed by atoms with Gasteiger partial charge in [-0.25, -0.2) is 4.39 Å². The van der Waals surface area contributed by atoms with Crippen LogP contribution in [0.3, 0.4) is 0 Å². The van der Waals surface area contributed by atoms with Gasteiger partial charge < -0.3 is 14.5 Å². The number of carbonyl (C=O) groups is 1. The van der Waals surface area contributed by atoms with Crippen molar-refractivity contribution >= 4 is 16.9 Å². The van der Waals surface area contributed by atoms with Crippen LogP contribution in [0.1, 0.15) is 5.56 Å². The molecule has 1 heterocycles. The van der Waals surface area contributed by atoms with Crippen molar-refractivity contribution in [3.8, 4) is 0 Å². The number of furan rings is 1. The van der Waals surface area contributed by atoms with E-state index in [1.807, 2.05) is 0 Å². The molecule has 0 aliphatic carbocycles. The van der Waals surface area contributed by atoms with Crippen molar-refractivity contribution in [2.24, 2.45) is 0 Å². The van der Waals surface area contributed by atoms with Gasteiger partial charge in [-0.1, -0.05) is 0 Å². The number of benzene rings is 1. The Morgan fingerprint density at radius 1 is 1.50 bits per heavy atom. The Labute approximate surface area is 104 Å². The molecule has 0 unspecified atom stereocenters. The van der Waals surface area contributed by atoms with E-state index in [4.69, 9.17) is 9.15 Å². The van der Waals surface area contributed by atoms with Crippen LogP contribution in [0.25, 0.3) is 11.0 Å². The van der Waals surface area contributed by atoms with Gasteiger partial charge in [0, 0.05) is 24.6 Å². The molecule has 4 nitrogen and oxygen atoms in total. The van der Waals surface area contributed by atoms with E-state index in [9.17, 15) is 9.18 Å². The summed E-state index contributed by atoms with van der Waals surface area (Å²) < 4.78 is 23.2. The minimum atomic E-state index is -0.343. The maximum atomic E-state index is 13.1. The molecule has 18 heavy (non-hydrogen) atoms. The number of rotatable bonds is 5. The quantitative estimate of drug-likeness (QED) is 0.825. The fourth-order valence-corrected chi connectivity index (χ4v) is 1.72. The van der Waals surface area contributed by atoms with Crippen LogP contribution in [-0.4, -0.2) is 26.2 Å². The maximum Gasteiger partial charge on any atom is 0.224 e. The number of fused-ring (bicyclic) bond motifs is 1. The summed E-state index contributed by atoms with van der Waals surface area (Å²) in [6.45, 7) is 0.923.